The first-order valence-electron chi connectivity index (χ1n) is 13.0. The molecule has 2 aromatic heterocycles. The number of fused-ring (bicyclic) bond motifs is 2. The number of likely N-dealkylation sites (tertiary alicyclic amines) is 1. The molecule has 0 bridgehead atoms. The second-order valence-corrected chi connectivity index (χ2v) is 10.8. The highest BCUT2D eigenvalue weighted by Crippen LogP contribution is 2.44. The summed E-state index contributed by atoms with van der Waals surface area (Å²) in [7, 11) is 0. The van der Waals surface area contributed by atoms with Crippen LogP contribution in [-0.2, 0) is 13.0 Å². The summed E-state index contributed by atoms with van der Waals surface area (Å²) in [6.45, 7) is 8.79. The molecule has 0 amide bonds. The van der Waals surface area contributed by atoms with Gasteiger partial charge in [-0.2, -0.15) is 13.2 Å². The number of hydrogen-bond acceptors (Lipinski definition) is 4. The van der Waals surface area contributed by atoms with Crippen LogP contribution in [0.1, 0.15) is 42.1 Å². The number of piperidine rings is 1. The number of nitrogens with zero attached hydrogens (tertiary/aromatic N) is 4. The van der Waals surface area contributed by atoms with E-state index in [0.717, 1.165) is 62.6 Å². The number of H-pyrrole nitrogens is 1. The van der Waals surface area contributed by atoms with E-state index in [-0.39, 0.29) is 11.0 Å². The summed E-state index contributed by atoms with van der Waals surface area (Å²) in [6, 6.07) is 11.3. The maximum atomic E-state index is 13.0. The van der Waals surface area contributed by atoms with Gasteiger partial charge in [0.15, 0.2) is 0 Å². The molecule has 2 aliphatic rings. The van der Waals surface area contributed by atoms with Crippen LogP contribution in [0.4, 0.5) is 19.0 Å². The van der Waals surface area contributed by atoms with Gasteiger partial charge in [0.05, 0.1) is 17.6 Å². The standard InChI is InChI=1S/C30H30F3N5/c1-3-4-23-14-24-20(2)22(6-8-27(24)36-23)16-37-11-9-29(10-12-37)17-38(18-29)28-25-13-21(15-30(31,32)33)5-7-26(25)34-19-35-28/h5-8,13-14,19,36H,9-12,15-18H2,1-2H3. The summed E-state index contributed by atoms with van der Waals surface area (Å²) in [5.74, 6) is 6.81. The number of alkyl halides is 3. The molecule has 2 aromatic carbocycles. The minimum Gasteiger partial charge on any atom is -0.355 e. The van der Waals surface area contributed by atoms with Gasteiger partial charge in [-0.15, -0.1) is 0 Å². The molecular formula is C30H30F3N5. The van der Waals surface area contributed by atoms with Crippen LogP contribution in [0.5, 0.6) is 0 Å². The number of rotatable bonds is 4. The van der Waals surface area contributed by atoms with Gasteiger partial charge in [0.1, 0.15) is 12.1 Å². The van der Waals surface area contributed by atoms with Gasteiger partial charge in [0.2, 0.25) is 0 Å². The maximum Gasteiger partial charge on any atom is 0.393 e. The second kappa shape index (κ2) is 9.32. The molecule has 4 heterocycles. The van der Waals surface area contributed by atoms with Crippen LogP contribution < -0.4 is 4.90 Å². The lowest BCUT2D eigenvalue weighted by molar-refractivity contribution is -0.127. The molecule has 0 atom stereocenters. The van der Waals surface area contributed by atoms with E-state index in [2.05, 4.69) is 61.7 Å². The predicted octanol–water partition coefficient (Wildman–Crippen LogP) is 6.00. The normalized spacial score (nSPS) is 17.6. The number of benzene rings is 2. The van der Waals surface area contributed by atoms with Gasteiger partial charge in [0.25, 0.3) is 0 Å². The van der Waals surface area contributed by atoms with Crippen LogP contribution in [0, 0.1) is 24.2 Å². The van der Waals surface area contributed by atoms with E-state index in [4.69, 9.17) is 0 Å². The van der Waals surface area contributed by atoms with Gasteiger partial charge in [-0.05, 0) is 86.7 Å². The topological polar surface area (TPSA) is 48.1 Å². The Labute approximate surface area is 220 Å². The summed E-state index contributed by atoms with van der Waals surface area (Å²) in [5, 5.41) is 1.93. The third-order valence-corrected chi connectivity index (χ3v) is 8.19. The molecular weight excluding hydrogens is 487 g/mol. The zero-order valence-corrected chi connectivity index (χ0v) is 21.6. The van der Waals surface area contributed by atoms with Crippen molar-refractivity contribution in [2.75, 3.05) is 31.1 Å². The zero-order chi connectivity index (χ0) is 26.5. The van der Waals surface area contributed by atoms with Gasteiger partial charge in [-0.1, -0.05) is 18.1 Å². The Morgan fingerprint density at radius 1 is 1.03 bits per heavy atom. The number of aromatic amines is 1. The Kier molecular flexibility index (Phi) is 6.07. The van der Waals surface area contributed by atoms with Crippen LogP contribution in [0.25, 0.3) is 21.8 Å². The average Bonchev–Trinajstić information content (AvgIpc) is 3.27. The van der Waals surface area contributed by atoms with Crippen molar-refractivity contribution in [3.05, 3.63) is 65.1 Å². The molecule has 1 N–H and O–H groups in total. The third kappa shape index (κ3) is 4.71. The van der Waals surface area contributed by atoms with Gasteiger partial charge >= 0.3 is 6.18 Å². The predicted molar refractivity (Wildman–Crippen MR) is 144 cm³/mol. The summed E-state index contributed by atoms with van der Waals surface area (Å²) >= 11 is 0. The quantitative estimate of drug-likeness (QED) is 0.338. The van der Waals surface area contributed by atoms with E-state index >= 15 is 0 Å². The monoisotopic (exact) mass is 517 g/mol. The Morgan fingerprint density at radius 2 is 1.82 bits per heavy atom. The number of aromatic nitrogens is 3. The van der Waals surface area contributed by atoms with Crippen LogP contribution in [0.3, 0.4) is 0 Å². The molecule has 5 nitrogen and oxygen atoms in total. The lowest BCUT2D eigenvalue weighted by Crippen LogP contribution is -2.60. The fourth-order valence-corrected chi connectivity index (χ4v) is 6.11. The molecule has 2 fully saturated rings. The Balaban J connectivity index is 1.11. The van der Waals surface area contributed by atoms with E-state index < -0.39 is 12.6 Å². The van der Waals surface area contributed by atoms with Crippen molar-refractivity contribution in [2.24, 2.45) is 5.41 Å². The summed E-state index contributed by atoms with van der Waals surface area (Å²) in [5.41, 5.74) is 5.89. The lowest BCUT2D eigenvalue weighted by atomic mass is 9.72. The average molecular weight is 518 g/mol. The first-order valence-corrected chi connectivity index (χ1v) is 13.0. The van der Waals surface area contributed by atoms with Crippen LogP contribution in [0.15, 0.2) is 42.7 Å². The first-order chi connectivity index (χ1) is 18.2. The summed E-state index contributed by atoms with van der Waals surface area (Å²) in [6.07, 6.45) is -1.46. The minimum absolute atomic E-state index is 0.241. The molecule has 0 aliphatic carbocycles. The number of hydrogen-bond donors (Lipinski definition) is 1. The SMILES string of the molecule is CC#Cc1cc2c(C)c(CN3CCC4(CC3)CN(c3ncnc5ccc(CC(F)(F)F)cc35)C4)ccc2[nH]1. The highest BCUT2D eigenvalue weighted by molar-refractivity contribution is 5.90. The van der Waals surface area contributed by atoms with Crippen LogP contribution in [0.2, 0.25) is 0 Å². The Hall–Kier alpha value is -3.57. The fraction of sp³-hybridized carbons (Fsp3) is 0.400. The van der Waals surface area contributed by atoms with Crippen molar-refractivity contribution in [1.29, 1.82) is 0 Å². The highest BCUT2D eigenvalue weighted by atomic mass is 19.4. The van der Waals surface area contributed by atoms with Crippen LogP contribution >= 0.6 is 0 Å². The van der Waals surface area contributed by atoms with Crippen molar-refractivity contribution in [3.63, 3.8) is 0 Å². The van der Waals surface area contributed by atoms with E-state index in [0.29, 0.717) is 10.9 Å². The fourth-order valence-electron chi connectivity index (χ4n) is 6.11. The molecule has 0 unspecified atom stereocenters. The van der Waals surface area contributed by atoms with Crippen molar-refractivity contribution in [2.45, 2.75) is 45.8 Å². The molecule has 1 spiro atoms. The minimum atomic E-state index is -4.24. The largest absolute Gasteiger partial charge is 0.393 e. The summed E-state index contributed by atoms with van der Waals surface area (Å²) < 4.78 is 38.9. The Morgan fingerprint density at radius 3 is 2.55 bits per heavy atom. The molecule has 6 rings (SSSR count). The highest BCUT2D eigenvalue weighted by Gasteiger charge is 2.45. The molecule has 2 saturated heterocycles. The van der Waals surface area contributed by atoms with E-state index in [9.17, 15) is 13.2 Å². The molecule has 0 saturated carbocycles. The number of aryl methyl sites for hydroxylation is 1. The third-order valence-electron chi connectivity index (χ3n) is 8.19. The lowest BCUT2D eigenvalue weighted by Gasteiger charge is -2.54. The van der Waals surface area contributed by atoms with Crippen LogP contribution in [-0.4, -0.2) is 52.2 Å². The first kappa shape index (κ1) is 24.7. The molecule has 8 heteroatoms. The van der Waals surface area contributed by atoms with E-state index in [1.54, 1.807) is 12.1 Å². The maximum absolute atomic E-state index is 13.0. The van der Waals surface area contributed by atoms with Crippen molar-refractivity contribution in [1.82, 2.24) is 19.9 Å². The molecule has 2 aliphatic heterocycles. The molecule has 196 valence electrons. The number of nitrogens with one attached hydrogen (secondary N) is 1. The van der Waals surface area contributed by atoms with E-state index in [1.165, 1.54) is 28.9 Å². The molecule has 4 aromatic rings. The smallest absolute Gasteiger partial charge is 0.355 e. The molecule has 0 radical (unpaired) electrons. The van der Waals surface area contributed by atoms with Gasteiger partial charge in [-0.25, -0.2) is 9.97 Å². The van der Waals surface area contributed by atoms with E-state index in [1.807, 2.05) is 6.92 Å². The number of halogens is 3. The van der Waals surface area contributed by atoms with Gasteiger partial charge < -0.3 is 9.88 Å². The number of anilines is 1. The zero-order valence-electron chi connectivity index (χ0n) is 21.6. The van der Waals surface area contributed by atoms with Crippen molar-refractivity contribution < 1.29 is 13.2 Å². The van der Waals surface area contributed by atoms with Gasteiger partial charge in [0, 0.05) is 41.3 Å². The second-order valence-electron chi connectivity index (χ2n) is 10.8. The summed E-state index contributed by atoms with van der Waals surface area (Å²) in [4.78, 5) is 16.9. The molecule has 38 heavy (non-hydrogen) atoms. The van der Waals surface area contributed by atoms with Crippen molar-refractivity contribution >= 4 is 27.6 Å². The van der Waals surface area contributed by atoms with Gasteiger partial charge in [-0.3, -0.25) is 4.90 Å². The Bertz CT molecular complexity index is 1560. The van der Waals surface area contributed by atoms with Crippen molar-refractivity contribution in [3.8, 4) is 11.8 Å².